The summed E-state index contributed by atoms with van der Waals surface area (Å²) in [6.07, 6.45) is 4.73. The summed E-state index contributed by atoms with van der Waals surface area (Å²) in [6, 6.07) is 13.5. The standard InChI is InChI=1S/C22H23N3O2/c1-14(16-12-11-15-7-3-4-8-17(15)13-16)23-21(26)20-18-9-5-6-10-19(18)22(27)25(2)24-20/h5-6,9-14H,3-4,7-8H2,1-2H3,(H,23,26)/t14-/m1/s1. The first kappa shape index (κ1) is 17.5. The normalized spacial score (nSPS) is 14.6. The zero-order chi connectivity index (χ0) is 19.0. The molecule has 0 spiro atoms. The van der Waals surface area contributed by atoms with E-state index < -0.39 is 0 Å². The van der Waals surface area contributed by atoms with Gasteiger partial charge in [-0.1, -0.05) is 36.4 Å². The maximum Gasteiger partial charge on any atom is 0.274 e. The van der Waals surface area contributed by atoms with Crippen LogP contribution < -0.4 is 10.9 Å². The molecule has 27 heavy (non-hydrogen) atoms. The van der Waals surface area contributed by atoms with Gasteiger partial charge in [-0.15, -0.1) is 0 Å². The Hall–Kier alpha value is -2.95. The van der Waals surface area contributed by atoms with Crippen LogP contribution in [0, 0.1) is 0 Å². The van der Waals surface area contributed by atoms with E-state index in [-0.39, 0.29) is 23.2 Å². The third-order valence-electron chi connectivity index (χ3n) is 5.39. The van der Waals surface area contributed by atoms with Gasteiger partial charge in [0.1, 0.15) is 0 Å². The molecule has 1 aliphatic carbocycles. The number of aryl methyl sites for hydroxylation is 3. The predicted molar refractivity (Wildman–Crippen MR) is 106 cm³/mol. The van der Waals surface area contributed by atoms with Crippen LogP contribution in [-0.4, -0.2) is 15.7 Å². The largest absolute Gasteiger partial charge is 0.344 e. The van der Waals surface area contributed by atoms with Crippen molar-refractivity contribution in [3.05, 3.63) is 75.2 Å². The van der Waals surface area contributed by atoms with Crippen LogP contribution in [0.5, 0.6) is 0 Å². The van der Waals surface area contributed by atoms with Gasteiger partial charge in [0, 0.05) is 12.4 Å². The Morgan fingerprint density at radius 1 is 1.07 bits per heavy atom. The second-order valence-electron chi connectivity index (χ2n) is 7.25. The molecule has 0 saturated carbocycles. The van der Waals surface area contributed by atoms with Gasteiger partial charge >= 0.3 is 0 Å². The van der Waals surface area contributed by atoms with Crippen molar-refractivity contribution in [2.45, 2.75) is 38.6 Å². The molecule has 0 saturated heterocycles. The van der Waals surface area contributed by atoms with Crippen molar-refractivity contribution < 1.29 is 4.79 Å². The minimum absolute atomic E-state index is 0.137. The summed E-state index contributed by atoms with van der Waals surface area (Å²) in [5.74, 6) is -0.271. The summed E-state index contributed by atoms with van der Waals surface area (Å²) in [5, 5.41) is 8.33. The van der Waals surface area contributed by atoms with Gasteiger partial charge in [-0.25, -0.2) is 4.68 Å². The number of carbonyl (C=O) groups excluding carboxylic acids is 1. The third kappa shape index (κ3) is 3.25. The molecule has 1 amide bonds. The molecule has 3 aromatic rings. The van der Waals surface area contributed by atoms with Gasteiger partial charge in [-0.2, -0.15) is 5.10 Å². The van der Waals surface area contributed by atoms with Gasteiger partial charge in [0.05, 0.1) is 11.4 Å². The number of nitrogens with zero attached hydrogens (tertiary/aromatic N) is 2. The average molecular weight is 361 g/mol. The van der Waals surface area contributed by atoms with Crippen LogP contribution in [0.4, 0.5) is 0 Å². The number of benzene rings is 2. The van der Waals surface area contributed by atoms with E-state index in [1.165, 1.54) is 28.7 Å². The van der Waals surface area contributed by atoms with E-state index in [2.05, 4.69) is 28.6 Å². The van der Waals surface area contributed by atoms with E-state index in [1.54, 1.807) is 25.2 Å². The van der Waals surface area contributed by atoms with E-state index in [4.69, 9.17) is 0 Å². The Balaban J connectivity index is 1.64. The van der Waals surface area contributed by atoms with E-state index in [0.717, 1.165) is 18.4 Å². The Bertz CT molecular complexity index is 1080. The molecule has 0 radical (unpaired) electrons. The SMILES string of the molecule is C[C@@H](NC(=O)c1nn(C)c(=O)c2ccccc12)c1ccc2c(c1)CCCC2. The molecule has 1 N–H and O–H groups in total. The highest BCUT2D eigenvalue weighted by Gasteiger charge is 2.19. The average Bonchev–Trinajstić information content (AvgIpc) is 2.70. The summed E-state index contributed by atoms with van der Waals surface area (Å²) in [4.78, 5) is 25.2. The summed E-state index contributed by atoms with van der Waals surface area (Å²) in [7, 11) is 1.57. The zero-order valence-electron chi connectivity index (χ0n) is 15.7. The smallest absolute Gasteiger partial charge is 0.274 e. The number of carbonyl (C=O) groups is 1. The molecule has 1 aromatic heterocycles. The van der Waals surface area contributed by atoms with Crippen molar-refractivity contribution in [1.82, 2.24) is 15.1 Å². The number of aromatic nitrogens is 2. The monoisotopic (exact) mass is 361 g/mol. The molecule has 2 aromatic carbocycles. The lowest BCUT2D eigenvalue weighted by Gasteiger charge is -2.20. The maximum absolute atomic E-state index is 12.9. The Labute approximate surface area is 158 Å². The first-order valence-corrected chi connectivity index (χ1v) is 9.43. The maximum atomic E-state index is 12.9. The second kappa shape index (κ2) is 6.99. The molecule has 1 atom stereocenters. The highest BCUT2D eigenvalue weighted by atomic mass is 16.2. The molecule has 138 valence electrons. The minimum Gasteiger partial charge on any atom is -0.344 e. The third-order valence-corrected chi connectivity index (χ3v) is 5.39. The van der Waals surface area contributed by atoms with Gasteiger partial charge in [0.25, 0.3) is 11.5 Å². The predicted octanol–water partition coefficient (Wildman–Crippen LogP) is 3.30. The highest BCUT2D eigenvalue weighted by molar-refractivity contribution is 6.04. The Kier molecular flexibility index (Phi) is 4.52. The first-order chi connectivity index (χ1) is 13.0. The van der Waals surface area contributed by atoms with Crippen LogP contribution >= 0.6 is 0 Å². The van der Waals surface area contributed by atoms with Gasteiger partial charge < -0.3 is 5.32 Å². The lowest BCUT2D eigenvalue weighted by atomic mass is 9.89. The molecule has 4 rings (SSSR count). The van der Waals surface area contributed by atoms with Crippen LogP contribution in [0.25, 0.3) is 10.8 Å². The van der Waals surface area contributed by atoms with Crippen LogP contribution in [0.3, 0.4) is 0 Å². The zero-order valence-corrected chi connectivity index (χ0v) is 15.7. The van der Waals surface area contributed by atoms with Crippen molar-refractivity contribution in [1.29, 1.82) is 0 Å². The minimum atomic E-state index is -0.271. The van der Waals surface area contributed by atoms with E-state index in [0.29, 0.717) is 10.8 Å². The fraction of sp³-hybridized carbons (Fsp3) is 0.318. The van der Waals surface area contributed by atoms with E-state index in [1.807, 2.05) is 13.0 Å². The molecule has 1 heterocycles. The number of hydrogen-bond acceptors (Lipinski definition) is 3. The summed E-state index contributed by atoms with van der Waals surface area (Å²) in [6.45, 7) is 1.98. The number of amides is 1. The van der Waals surface area contributed by atoms with E-state index >= 15 is 0 Å². The van der Waals surface area contributed by atoms with Crippen LogP contribution in [-0.2, 0) is 19.9 Å². The van der Waals surface area contributed by atoms with Crippen LogP contribution in [0.1, 0.15) is 53.0 Å². The van der Waals surface area contributed by atoms with Gasteiger partial charge in [-0.05, 0) is 55.4 Å². The Morgan fingerprint density at radius 2 is 1.78 bits per heavy atom. The number of nitrogens with one attached hydrogen (secondary N) is 1. The molecule has 5 nitrogen and oxygen atoms in total. The van der Waals surface area contributed by atoms with Crippen molar-refractivity contribution >= 4 is 16.7 Å². The fourth-order valence-corrected chi connectivity index (χ4v) is 3.84. The van der Waals surface area contributed by atoms with Crippen LogP contribution in [0.2, 0.25) is 0 Å². The van der Waals surface area contributed by atoms with Crippen molar-refractivity contribution in [2.75, 3.05) is 0 Å². The number of hydrogen-bond donors (Lipinski definition) is 1. The van der Waals surface area contributed by atoms with Gasteiger partial charge in [-0.3, -0.25) is 9.59 Å². The molecule has 0 fully saturated rings. The molecular weight excluding hydrogens is 338 g/mol. The molecule has 0 bridgehead atoms. The summed E-state index contributed by atoms with van der Waals surface area (Å²) in [5.41, 5.74) is 3.99. The molecule has 0 aliphatic heterocycles. The summed E-state index contributed by atoms with van der Waals surface area (Å²) >= 11 is 0. The van der Waals surface area contributed by atoms with Gasteiger partial charge in [0.2, 0.25) is 0 Å². The topological polar surface area (TPSA) is 64.0 Å². The number of rotatable bonds is 3. The van der Waals surface area contributed by atoms with Crippen molar-refractivity contribution in [2.24, 2.45) is 7.05 Å². The molecule has 0 unspecified atom stereocenters. The van der Waals surface area contributed by atoms with E-state index in [9.17, 15) is 9.59 Å². The number of fused-ring (bicyclic) bond motifs is 2. The Morgan fingerprint density at radius 3 is 2.56 bits per heavy atom. The van der Waals surface area contributed by atoms with Gasteiger partial charge in [0.15, 0.2) is 5.69 Å². The lowest BCUT2D eigenvalue weighted by Crippen LogP contribution is -2.31. The lowest BCUT2D eigenvalue weighted by molar-refractivity contribution is 0.0934. The second-order valence-corrected chi connectivity index (χ2v) is 7.25. The van der Waals surface area contributed by atoms with Crippen LogP contribution in [0.15, 0.2) is 47.3 Å². The fourth-order valence-electron chi connectivity index (χ4n) is 3.84. The molecular formula is C22H23N3O2. The van der Waals surface area contributed by atoms with Crippen molar-refractivity contribution in [3.63, 3.8) is 0 Å². The molecule has 5 heteroatoms. The molecule has 1 aliphatic rings. The quantitative estimate of drug-likeness (QED) is 0.778. The first-order valence-electron chi connectivity index (χ1n) is 9.43. The highest BCUT2D eigenvalue weighted by Crippen LogP contribution is 2.25. The summed E-state index contributed by atoms with van der Waals surface area (Å²) < 4.78 is 1.22. The van der Waals surface area contributed by atoms with Crippen molar-refractivity contribution in [3.8, 4) is 0 Å².